The molecule has 1 aliphatic rings. The molecule has 1 fully saturated rings. The van der Waals surface area contributed by atoms with Crippen molar-refractivity contribution in [2.45, 2.75) is 51.6 Å². The Labute approximate surface area is 85.3 Å². The lowest BCUT2D eigenvalue weighted by Crippen LogP contribution is -2.41. The van der Waals surface area contributed by atoms with Gasteiger partial charge in [0.2, 0.25) is 0 Å². The van der Waals surface area contributed by atoms with E-state index in [-0.39, 0.29) is 0 Å². The summed E-state index contributed by atoms with van der Waals surface area (Å²) in [6, 6.07) is 3.44. The molecule has 1 heterocycles. The van der Waals surface area contributed by atoms with Crippen molar-refractivity contribution in [3.8, 4) is 0 Å². The smallest absolute Gasteiger partial charge is 0.0640 e. The molecule has 0 bridgehead atoms. The van der Waals surface area contributed by atoms with Gasteiger partial charge in [-0.05, 0) is 32.8 Å². The van der Waals surface area contributed by atoms with Gasteiger partial charge in [-0.1, -0.05) is 6.42 Å². The van der Waals surface area contributed by atoms with Crippen molar-refractivity contribution in [2.75, 3.05) is 0 Å². The number of aryl methyl sites for hydroxylation is 1. The van der Waals surface area contributed by atoms with Crippen LogP contribution in [0.5, 0.6) is 0 Å². The molecule has 0 aliphatic heterocycles. The van der Waals surface area contributed by atoms with Crippen LogP contribution in [0.4, 0.5) is 0 Å². The Hall–Kier alpha value is -0.830. The van der Waals surface area contributed by atoms with Crippen LogP contribution in [0.15, 0.2) is 6.07 Å². The zero-order chi connectivity index (χ0) is 9.97. The topological polar surface area (TPSA) is 40.7 Å². The number of hydrogen-bond donors (Lipinski definition) is 2. The SMILES string of the molecule is Cc1cc(CC(C)NC2CCC2)n[nH]1. The van der Waals surface area contributed by atoms with Crippen LogP contribution in [0.25, 0.3) is 0 Å². The quantitative estimate of drug-likeness (QED) is 0.765. The predicted molar refractivity (Wildman–Crippen MR) is 57.3 cm³/mol. The zero-order valence-corrected chi connectivity index (χ0v) is 9.01. The van der Waals surface area contributed by atoms with E-state index in [2.05, 4.69) is 28.5 Å². The lowest BCUT2D eigenvalue weighted by molar-refractivity contribution is 0.309. The van der Waals surface area contributed by atoms with Crippen molar-refractivity contribution in [1.82, 2.24) is 15.5 Å². The number of rotatable bonds is 4. The van der Waals surface area contributed by atoms with Crippen molar-refractivity contribution < 1.29 is 0 Å². The van der Waals surface area contributed by atoms with Crippen LogP contribution in [-0.2, 0) is 6.42 Å². The van der Waals surface area contributed by atoms with Gasteiger partial charge >= 0.3 is 0 Å². The molecule has 1 atom stereocenters. The van der Waals surface area contributed by atoms with Gasteiger partial charge in [0.15, 0.2) is 0 Å². The first-order chi connectivity index (χ1) is 6.74. The molecule has 0 aromatic carbocycles. The molecule has 1 aromatic heterocycles. The van der Waals surface area contributed by atoms with E-state index in [0.29, 0.717) is 6.04 Å². The highest BCUT2D eigenvalue weighted by Gasteiger charge is 2.19. The second-order valence-corrected chi connectivity index (χ2v) is 4.44. The van der Waals surface area contributed by atoms with Gasteiger partial charge < -0.3 is 5.32 Å². The molecule has 3 heteroatoms. The fourth-order valence-corrected chi connectivity index (χ4v) is 1.93. The van der Waals surface area contributed by atoms with Crippen LogP contribution in [0.2, 0.25) is 0 Å². The summed E-state index contributed by atoms with van der Waals surface area (Å²) in [5, 5.41) is 10.8. The summed E-state index contributed by atoms with van der Waals surface area (Å²) in [5.74, 6) is 0. The molecule has 0 spiro atoms. The van der Waals surface area contributed by atoms with E-state index in [9.17, 15) is 0 Å². The zero-order valence-electron chi connectivity index (χ0n) is 9.01. The lowest BCUT2D eigenvalue weighted by atomic mass is 9.92. The minimum Gasteiger partial charge on any atom is -0.311 e. The number of nitrogens with zero attached hydrogens (tertiary/aromatic N) is 1. The molecular formula is C11H19N3. The molecular weight excluding hydrogens is 174 g/mol. The summed E-state index contributed by atoms with van der Waals surface area (Å²) >= 11 is 0. The Morgan fingerprint density at radius 2 is 2.43 bits per heavy atom. The van der Waals surface area contributed by atoms with Crippen LogP contribution in [0.1, 0.15) is 37.6 Å². The third kappa shape index (κ3) is 2.35. The molecule has 1 saturated carbocycles. The van der Waals surface area contributed by atoms with E-state index >= 15 is 0 Å². The fraction of sp³-hybridized carbons (Fsp3) is 0.727. The largest absolute Gasteiger partial charge is 0.311 e. The van der Waals surface area contributed by atoms with Crippen molar-refractivity contribution in [2.24, 2.45) is 0 Å². The molecule has 78 valence electrons. The number of nitrogens with one attached hydrogen (secondary N) is 2. The van der Waals surface area contributed by atoms with Gasteiger partial charge in [0.25, 0.3) is 0 Å². The van der Waals surface area contributed by atoms with Crippen LogP contribution in [0, 0.1) is 6.92 Å². The Balaban J connectivity index is 1.78. The van der Waals surface area contributed by atoms with E-state index in [0.717, 1.165) is 18.2 Å². The Morgan fingerprint density at radius 3 is 2.93 bits per heavy atom. The van der Waals surface area contributed by atoms with Gasteiger partial charge in [-0.3, -0.25) is 5.10 Å². The highest BCUT2D eigenvalue weighted by atomic mass is 15.1. The maximum atomic E-state index is 4.24. The second kappa shape index (κ2) is 4.13. The number of hydrogen-bond acceptors (Lipinski definition) is 2. The molecule has 1 aromatic rings. The van der Waals surface area contributed by atoms with Gasteiger partial charge in [-0.15, -0.1) is 0 Å². The molecule has 1 aliphatic carbocycles. The Morgan fingerprint density at radius 1 is 1.64 bits per heavy atom. The third-order valence-electron chi connectivity index (χ3n) is 2.90. The maximum absolute atomic E-state index is 4.24. The second-order valence-electron chi connectivity index (χ2n) is 4.44. The van der Waals surface area contributed by atoms with Gasteiger partial charge in [0.05, 0.1) is 5.69 Å². The van der Waals surface area contributed by atoms with E-state index in [1.165, 1.54) is 25.0 Å². The summed E-state index contributed by atoms with van der Waals surface area (Å²) in [4.78, 5) is 0. The third-order valence-corrected chi connectivity index (χ3v) is 2.90. The van der Waals surface area contributed by atoms with Crippen molar-refractivity contribution in [1.29, 1.82) is 0 Å². The Kier molecular flexibility index (Phi) is 2.87. The summed E-state index contributed by atoms with van der Waals surface area (Å²) in [7, 11) is 0. The first-order valence-electron chi connectivity index (χ1n) is 5.51. The summed E-state index contributed by atoms with van der Waals surface area (Å²) in [5.41, 5.74) is 2.32. The first-order valence-corrected chi connectivity index (χ1v) is 5.51. The average molecular weight is 193 g/mol. The fourth-order valence-electron chi connectivity index (χ4n) is 1.93. The monoisotopic (exact) mass is 193 g/mol. The van der Waals surface area contributed by atoms with Crippen LogP contribution >= 0.6 is 0 Å². The highest BCUT2D eigenvalue weighted by Crippen LogP contribution is 2.19. The Bertz CT molecular complexity index is 288. The first kappa shape index (κ1) is 9.71. The number of H-pyrrole nitrogens is 1. The molecule has 2 rings (SSSR count). The minimum absolute atomic E-state index is 0.544. The van der Waals surface area contributed by atoms with E-state index < -0.39 is 0 Å². The predicted octanol–water partition coefficient (Wildman–Crippen LogP) is 1.79. The average Bonchev–Trinajstić information content (AvgIpc) is 2.44. The maximum Gasteiger partial charge on any atom is 0.0640 e. The number of aromatic nitrogens is 2. The summed E-state index contributed by atoms with van der Waals surface area (Å²) in [6.07, 6.45) is 5.13. The molecule has 0 radical (unpaired) electrons. The number of aromatic amines is 1. The molecule has 1 unspecified atom stereocenters. The summed E-state index contributed by atoms with van der Waals surface area (Å²) < 4.78 is 0. The van der Waals surface area contributed by atoms with Gasteiger partial charge in [0, 0.05) is 24.2 Å². The molecule has 2 N–H and O–H groups in total. The molecule has 0 saturated heterocycles. The molecule has 0 amide bonds. The van der Waals surface area contributed by atoms with E-state index in [1.54, 1.807) is 0 Å². The van der Waals surface area contributed by atoms with E-state index in [4.69, 9.17) is 0 Å². The lowest BCUT2D eigenvalue weighted by Gasteiger charge is -2.29. The van der Waals surface area contributed by atoms with Crippen LogP contribution in [0.3, 0.4) is 0 Å². The normalized spacial score (nSPS) is 19.3. The van der Waals surface area contributed by atoms with Gasteiger partial charge in [-0.2, -0.15) is 5.10 Å². The van der Waals surface area contributed by atoms with E-state index in [1.807, 2.05) is 6.92 Å². The van der Waals surface area contributed by atoms with Crippen LogP contribution < -0.4 is 5.32 Å². The van der Waals surface area contributed by atoms with Gasteiger partial charge in [-0.25, -0.2) is 0 Å². The van der Waals surface area contributed by atoms with Crippen molar-refractivity contribution in [3.05, 3.63) is 17.5 Å². The standard InChI is InChI=1S/C11H19N3/c1-8(12-10-4-3-5-10)6-11-7-9(2)13-14-11/h7-8,10,12H,3-6H2,1-2H3,(H,13,14). The van der Waals surface area contributed by atoms with Crippen LogP contribution in [-0.4, -0.2) is 22.3 Å². The molecule has 3 nitrogen and oxygen atoms in total. The summed E-state index contributed by atoms with van der Waals surface area (Å²) in [6.45, 7) is 4.28. The molecule has 14 heavy (non-hydrogen) atoms. The highest BCUT2D eigenvalue weighted by molar-refractivity contribution is 5.08. The van der Waals surface area contributed by atoms with Crippen molar-refractivity contribution >= 4 is 0 Å². The van der Waals surface area contributed by atoms with Gasteiger partial charge in [0.1, 0.15) is 0 Å². The minimum atomic E-state index is 0.544. The van der Waals surface area contributed by atoms with Crippen molar-refractivity contribution in [3.63, 3.8) is 0 Å².